The third-order valence-electron chi connectivity index (χ3n) is 2.76. The van der Waals surface area contributed by atoms with Crippen molar-refractivity contribution in [3.05, 3.63) is 30.1 Å². The maximum absolute atomic E-state index is 11.7. The van der Waals surface area contributed by atoms with Gasteiger partial charge >= 0.3 is 0 Å². The van der Waals surface area contributed by atoms with Crippen LogP contribution in [0.25, 0.3) is 0 Å². The third-order valence-corrected chi connectivity index (χ3v) is 2.76. The molecule has 1 aromatic heterocycles. The minimum atomic E-state index is -0.00413. The second-order valence-electron chi connectivity index (χ2n) is 4.02. The first-order valence-electron chi connectivity index (χ1n) is 4.63. The van der Waals surface area contributed by atoms with Crippen molar-refractivity contribution in [3.8, 4) is 0 Å². The molecular weight excluding hydrogens is 162 g/mol. The minimum Gasteiger partial charge on any atom is -0.299 e. The summed E-state index contributed by atoms with van der Waals surface area (Å²) in [5, 5.41) is 0. The molecule has 0 bridgehead atoms. The molecule has 0 unspecified atom stereocenters. The van der Waals surface area contributed by atoms with Crippen LogP contribution in [0.5, 0.6) is 0 Å². The van der Waals surface area contributed by atoms with E-state index in [0.29, 0.717) is 12.2 Å². The Morgan fingerprint density at radius 1 is 1.62 bits per heavy atom. The molecule has 68 valence electrons. The highest BCUT2D eigenvalue weighted by atomic mass is 16.1. The second-order valence-corrected chi connectivity index (χ2v) is 4.02. The van der Waals surface area contributed by atoms with Crippen molar-refractivity contribution < 1.29 is 4.79 Å². The number of pyridine rings is 1. The number of Topliss-reactive ketones (excluding diaryl/α,β-unsaturated/α-hetero) is 1. The van der Waals surface area contributed by atoms with Crippen LogP contribution in [-0.4, -0.2) is 10.8 Å². The van der Waals surface area contributed by atoms with Crippen molar-refractivity contribution in [2.45, 2.75) is 26.2 Å². The summed E-state index contributed by atoms with van der Waals surface area (Å²) in [6.07, 6.45) is 6.17. The standard InChI is InChI=1S/C11H13NO/c1-11(4-5-11)10(13)7-9-3-2-6-12-8-9/h2-3,6,8H,4-5,7H2,1H3. The summed E-state index contributed by atoms with van der Waals surface area (Å²) in [7, 11) is 0. The van der Waals surface area contributed by atoms with Crippen LogP contribution in [0.4, 0.5) is 0 Å². The number of ketones is 1. The highest BCUT2D eigenvalue weighted by Gasteiger charge is 2.43. The molecule has 2 heteroatoms. The first-order chi connectivity index (χ1) is 6.21. The van der Waals surface area contributed by atoms with Crippen LogP contribution in [0.15, 0.2) is 24.5 Å². The van der Waals surface area contributed by atoms with Crippen molar-refractivity contribution in [1.29, 1.82) is 0 Å². The molecule has 0 radical (unpaired) electrons. The molecule has 1 aromatic rings. The number of carbonyl (C=O) groups excluding carboxylic acids is 1. The average Bonchev–Trinajstić information content (AvgIpc) is 2.87. The number of hydrogen-bond donors (Lipinski definition) is 0. The Hall–Kier alpha value is -1.18. The lowest BCUT2D eigenvalue weighted by atomic mass is 9.98. The molecule has 0 amide bonds. The average molecular weight is 175 g/mol. The van der Waals surface area contributed by atoms with Crippen LogP contribution >= 0.6 is 0 Å². The van der Waals surface area contributed by atoms with Gasteiger partial charge in [0.1, 0.15) is 5.78 Å². The first-order valence-corrected chi connectivity index (χ1v) is 4.63. The Labute approximate surface area is 78.0 Å². The fourth-order valence-corrected chi connectivity index (χ4v) is 1.37. The molecule has 13 heavy (non-hydrogen) atoms. The van der Waals surface area contributed by atoms with Gasteiger partial charge in [-0.15, -0.1) is 0 Å². The van der Waals surface area contributed by atoms with Crippen LogP contribution < -0.4 is 0 Å². The van der Waals surface area contributed by atoms with E-state index in [1.54, 1.807) is 12.4 Å². The lowest BCUT2D eigenvalue weighted by Crippen LogP contribution is -2.14. The summed E-state index contributed by atoms with van der Waals surface area (Å²) in [4.78, 5) is 15.7. The van der Waals surface area contributed by atoms with Crippen LogP contribution in [0.3, 0.4) is 0 Å². The van der Waals surface area contributed by atoms with Gasteiger partial charge in [0.25, 0.3) is 0 Å². The molecule has 0 saturated heterocycles. The van der Waals surface area contributed by atoms with Crippen LogP contribution in [0, 0.1) is 5.41 Å². The normalized spacial score (nSPS) is 18.2. The maximum Gasteiger partial charge on any atom is 0.143 e. The number of hydrogen-bond acceptors (Lipinski definition) is 2. The Morgan fingerprint density at radius 3 is 2.92 bits per heavy atom. The molecule has 1 aliphatic rings. The zero-order valence-corrected chi connectivity index (χ0v) is 7.79. The molecule has 0 spiro atoms. The van der Waals surface area contributed by atoms with E-state index in [1.165, 1.54) is 0 Å². The van der Waals surface area contributed by atoms with Gasteiger partial charge in [-0.2, -0.15) is 0 Å². The van der Waals surface area contributed by atoms with Crippen molar-refractivity contribution >= 4 is 5.78 Å². The van der Waals surface area contributed by atoms with Gasteiger partial charge in [0.05, 0.1) is 0 Å². The van der Waals surface area contributed by atoms with Crippen LogP contribution in [0.1, 0.15) is 25.3 Å². The highest BCUT2D eigenvalue weighted by molar-refractivity contribution is 5.88. The SMILES string of the molecule is CC1(C(=O)Cc2cccnc2)CC1. The zero-order valence-electron chi connectivity index (χ0n) is 7.79. The Morgan fingerprint density at radius 2 is 2.38 bits per heavy atom. The number of carbonyl (C=O) groups is 1. The van der Waals surface area contributed by atoms with Crippen LogP contribution in [0.2, 0.25) is 0 Å². The van der Waals surface area contributed by atoms with Gasteiger partial charge in [-0.05, 0) is 24.5 Å². The molecule has 0 aliphatic heterocycles. The summed E-state index contributed by atoms with van der Waals surface area (Å²) in [6, 6.07) is 3.83. The van der Waals surface area contributed by atoms with E-state index < -0.39 is 0 Å². The fourth-order valence-electron chi connectivity index (χ4n) is 1.37. The van der Waals surface area contributed by atoms with Gasteiger partial charge in [-0.1, -0.05) is 13.0 Å². The molecule has 1 aliphatic carbocycles. The second kappa shape index (κ2) is 2.95. The lowest BCUT2D eigenvalue weighted by molar-refractivity contribution is -0.122. The monoisotopic (exact) mass is 175 g/mol. The van der Waals surface area contributed by atoms with Gasteiger partial charge in [-0.25, -0.2) is 0 Å². The largest absolute Gasteiger partial charge is 0.299 e. The topological polar surface area (TPSA) is 30.0 Å². The number of nitrogens with zero attached hydrogens (tertiary/aromatic N) is 1. The zero-order chi connectivity index (χ0) is 9.31. The first kappa shape index (κ1) is 8.42. The van der Waals surface area contributed by atoms with Crippen molar-refractivity contribution in [3.63, 3.8) is 0 Å². The molecule has 0 N–H and O–H groups in total. The van der Waals surface area contributed by atoms with Gasteiger partial charge < -0.3 is 0 Å². The highest BCUT2D eigenvalue weighted by Crippen LogP contribution is 2.46. The predicted octanol–water partition coefficient (Wildman–Crippen LogP) is 1.99. The van der Waals surface area contributed by atoms with Crippen LogP contribution in [-0.2, 0) is 11.2 Å². The smallest absolute Gasteiger partial charge is 0.143 e. The predicted molar refractivity (Wildman–Crippen MR) is 50.3 cm³/mol. The van der Waals surface area contributed by atoms with E-state index in [9.17, 15) is 4.79 Å². The summed E-state index contributed by atoms with van der Waals surface area (Å²) >= 11 is 0. The maximum atomic E-state index is 11.7. The summed E-state index contributed by atoms with van der Waals surface area (Å²) < 4.78 is 0. The molecule has 1 fully saturated rings. The van der Waals surface area contributed by atoms with Gasteiger partial charge in [-0.3, -0.25) is 9.78 Å². The molecule has 0 aromatic carbocycles. The van der Waals surface area contributed by atoms with Gasteiger partial charge in [0, 0.05) is 24.2 Å². The van der Waals surface area contributed by atoms with E-state index in [2.05, 4.69) is 4.98 Å². The van der Waals surface area contributed by atoms with Crippen molar-refractivity contribution in [1.82, 2.24) is 4.98 Å². The van der Waals surface area contributed by atoms with Gasteiger partial charge in [0.2, 0.25) is 0 Å². The molecule has 2 nitrogen and oxygen atoms in total. The summed E-state index contributed by atoms with van der Waals surface area (Å²) in [5.74, 6) is 0.362. The van der Waals surface area contributed by atoms with Crippen molar-refractivity contribution in [2.75, 3.05) is 0 Å². The number of rotatable bonds is 3. The Bertz CT molecular complexity index is 314. The Balaban J connectivity index is 2.03. The summed E-state index contributed by atoms with van der Waals surface area (Å²) in [6.45, 7) is 2.05. The van der Waals surface area contributed by atoms with E-state index in [-0.39, 0.29) is 5.41 Å². The van der Waals surface area contributed by atoms with E-state index in [4.69, 9.17) is 0 Å². The molecule has 0 atom stereocenters. The van der Waals surface area contributed by atoms with E-state index >= 15 is 0 Å². The summed E-state index contributed by atoms with van der Waals surface area (Å²) in [5.41, 5.74) is 1.02. The molecule has 2 rings (SSSR count). The van der Waals surface area contributed by atoms with E-state index in [1.807, 2.05) is 19.1 Å². The lowest BCUT2D eigenvalue weighted by Gasteiger charge is -2.05. The fraction of sp³-hybridized carbons (Fsp3) is 0.455. The quantitative estimate of drug-likeness (QED) is 0.703. The molecule has 1 heterocycles. The van der Waals surface area contributed by atoms with Crippen molar-refractivity contribution in [2.24, 2.45) is 5.41 Å². The Kier molecular flexibility index (Phi) is 1.91. The minimum absolute atomic E-state index is 0.00413. The molecule has 1 saturated carbocycles. The van der Waals surface area contributed by atoms with Gasteiger partial charge in [0.15, 0.2) is 0 Å². The third kappa shape index (κ3) is 1.77. The number of aromatic nitrogens is 1. The molecular formula is C11H13NO. The van der Waals surface area contributed by atoms with E-state index in [0.717, 1.165) is 18.4 Å².